The van der Waals surface area contributed by atoms with Gasteiger partial charge in [0, 0.05) is 26.1 Å². The summed E-state index contributed by atoms with van der Waals surface area (Å²) < 4.78 is 42.5. The summed E-state index contributed by atoms with van der Waals surface area (Å²) in [5.74, 6) is 0.450. The van der Waals surface area contributed by atoms with E-state index in [0.717, 1.165) is 18.4 Å². The second-order valence-corrected chi connectivity index (χ2v) is 5.66. The highest BCUT2D eigenvalue weighted by atomic mass is 127. The van der Waals surface area contributed by atoms with E-state index in [9.17, 15) is 18.0 Å². The summed E-state index contributed by atoms with van der Waals surface area (Å²) in [6.45, 7) is -1.02. The summed E-state index contributed by atoms with van der Waals surface area (Å²) >= 11 is 0. The largest absolute Gasteiger partial charge is 0.493 e. The Hall–Kier alpha value is -1.72. The molecule has 0 radical (unpaired) electrons. The maximum Gasteiger partial charge on any atom is 0.406 e. The topological polar surface area (TPSA) is 66.0 Å². The fraction of sp³-hybridized carbons (Fsp3) is 0.500. The van der Waals surface area contributed by atoms with Crippen molar-refractivity contribution in [1.82, 2.24) is 15.5 Å². The van der Waals surface area contributed by atoms with Crippen molar-refractivity contribution in [2.24, 2.45) is 4.99 Å². The second-order valence-electron chi connectivity index (χ2n) is 5.66. The Morgan fingerprint density at radius 3 is 2.73 bits per heavy atom. The van der Waals surface area contributed by atoms with E-state index in [4.69, 9.17) is 4.74 Å². The first kappa shape index (κ1) is 22.3. The zero-order chi connectivity index (χ0) is 18.4. The summed E-state index contributed by atoms with van der Waals surface area (Å²) in [6.07, 6.45) is -3.71. The van der Waals surface area contributed by atoms with Gasteiger partial charge in [0.2, 0.25) is 5.91 Å². The molecule has 0 bridgehead atoms. The Labute approximate surface area is 167 Å². The van der Waals surface area contributed by atoms with Gasteiger partial charge in [0.15, 0.2) is 5.96 Å². The Balaban J connectivity index is 0.00000338. The summed E-state index contributed by atoms with van der Waals surface area (Å²) in [5.41, 5.74) is 0.970. The molecule has 0 saturated heterocycles. The number of carbonyl (C=O) groups excluding carboxylic acids is 1. The van der Waals surface area contributed by atoms with E-state index in [1.165, 1.54) is 7.05 Å². The number of hydrogen-bond donors (Lipinski definition) is 2. The van der Waals surface area contributed by atoms with Gasteiger partial charge in [-0.2, -0.15) is 13.2 Å². The average molecular weight is 486 g/mol. The SMILES string of the molecule is CN=C(NCC(=O)N(C)CC(F)(F)F)NC1CCOc2ccccc21.I. The van der Waals surface area contributed by atoms with Crippen molar-refractivity contribution in [2.45, 2.75) is 18.6 Å². The van der Waals surface area contributed by atoms with Crippen LogP contribution < -0.4 is 15.4 Å². The highest BCUT2D eigenvalue weighted by molar-refractivity contribution is 14.0. The zero-order valence-electron chi connectivity index (χ0n) is 14.5. The number of amides is 1. The fourth-order valence-electron chi connectivity index (χ4n) is 2.50. The highest BCUT2D eigenvalue weighted by Gasteiger charge is 2.31. The van der Waals surface area contributed by atoms with Crippen LogP contribution in [-0.2, 0) is 4.79 Å². The number of nitrogens with one attached hydrogen (secondary N) is 2. The summed E-state index contributed by atoms with van der Waals surface area (Å²) in [4.78, 5) is 16.4. The first-order chi connectivity index (χ1) is 11.8. The molecular weight excluding hydrogens is 464 g/mol. The van der Waals surface area contributed by atoms with Gasteiger partial charge in [-0.15, -0.1) is 24.0 Å². The molecule has 6 nitrogen and oxygen atoms in total. The van der Waals surface area contributed by atoms with E-state index in [1.807, 2.05) is 24.3 Å². The number of guanidine groups is 1. The minimum absolute atomic E-state index is 0. The maximum absolute atomic E-state index is 12.3. The molecule has 0 fully saturated rings. The number of para-hydroxylation sites is 1. The minimum atomic E-state index is -4.42. The van der Waals surface area contributed by atoms with Gasteiger partial charge in [-0.3, -0.25) is 9.79 Å². The van der Waals surface area contributed by atoms with E-state index in [0.29, 0.717) is 23.9 Å². The molecule has 1 unspecified atom stereocenters. The van der Waals surface area contributed by atoms with Crippen molar-refractivity contribution >= 4 is 35.8 Å². The lowest BCUT2D eigenvalue weighted by atomic mass is 10.0. The standard InChI is InChI=1S/C16H21F3N4O2.HI/c1-20-15(21-9-14(24)23(2)10-16(17,18)19)22-12-7-8-25-13-6-4-3-5-11(12)13;/h3-6,12H,7-10H2,1-2H3,(H2,20,21,22);1H. The highest BCUT2D eigenvalue weighted by Crippen LogP contribution is 2.31. The first-order valence-electron chi connectivity index (χ1n) is 7.80. The van der Waals surface area contributed by atoms with Crippen molar-refractivity contribution in [3.63, 3.8) is 0 Å². The second kappa shape index (κ2) is 9.83. The molecule has 26 heavy (non-hydrogen) atoms. The number of carbonyl (C=O) groups is 1. The molecule has 1 aliphatic heterocycles. The number of fused-ring (bicyclic) bond motifs is 1. The third-order valence-electron chi connectivity index (χ3n) is 3.74. The third-order valence-corrected chi connectivity index (χ3v) is 3.74. The van der Waals surface area contributed by atoms with Crippen molar-refractivity contribution in [1.29, 1.82) is 0 Å². The molecule has 1 aromatic carbocycles. The van der Waals surface area contributed by atoms with E-state index >= 15 is 0 Å². The average Bonchev–Trinajstić information content (AvgIpc) is 2.56. The third kappa shape index (κ3) is 6.54. The zero-order valence-corrected chi connectivity index (χ0v) is 16.8. The minimum Gasteiger partial charge on any atom is -0.493 e. The van der Waals surface area contributed by atoms with Gasteiger partial charge in [0.05, 0.1) is 19.2 Å². The number of aliphatic imine (C=N–C) groups is 1. The number of likely N-dealkylation sites (N-methyl/N-ethyl adjacent to an activating group) is 1. The number of hydrogen-bond acceptors (Lipinski definition) is 3. The van der Waals surface area contributed by atoms with Gasteiger partial charge < -0.3 is 20.3 Å². The van der Waals surface area contributed by atoms with Crippen LogP contribution in [0, 0.1) is 0 Å². The normalized spacial score (nSPS) is 16.7. The van der Waals surface area contributed by atoms with Gasteiger partial charge in [-0.25, -0.2) is 0 Å². The van der Waals surface area contributed by atoms with Crippen LogP contribution in [0.4, 0.5) is 13.2 Å². The molecule has 2 N–H and O–H groups in total. The van der Waals surface area contributed by atoms with E-state index < -0.39 is 18.6 Å². The van der Waals surface area contributed by atoms with Gasteiger partial charge in [-0.05, 0) is 6.07 Å². The molecule has 1 atom stereocenters. The molecule has 146 valence electrons. The van der Waals surface area contributed by atoms with Crippen LogP contribution in [0.1, 0.15) is 18.0 Å². The van der Waals surface area contributed by atoms with Crippen LogP contribution in [0.25, 0.3) is 0 Å². The van der Waals surface area contributed by atoms with Crippen LogP contribution in [0.5, 0.6) is 5.75 Å². The molecule has 0 saturated carbocycles. The van der Waals surface area contributed by atoms with E-state index in [-0.39, 0.29) is 36.6 Å². The van der Waals surface area contributed by atoms with Crippen LogP contribution in [0.2, 0.25) is 0 Å². The molecule has 2 rings (SSSR count). The molecule has 1 heterocycles. The lowest BCUT2D eigenvalue weighted by Gasteiger charge is -2.28. The van der Waals surface area contributed by atoms with Crippen LogP contribution in [0.3, 0.4) is 0 Å². The Bertz CT molecular complexity index is 640. The molecule has 1 amide bonds. The van der Waals surface area contributed by atoms with Crippen molar-refractivity contribution in [3.8, 4) is 5.75 Å². The number of ether oxygens (including phenoxy) is 1. The molecule has 10 heteroatoms. The van der Waals surface area contributed by atoms with Gasteiger partial charge >= 0.3 is 6.18 Å². The molecule has 1 aliphatic rings. The van der Waals surface area contributed by atoms with Gasteiger partial charge in [-0.1, -0.05) is 18.2 Å². The van der Waals surface area contributed by atoms with Crippen LogP contribution in [-0.4, -0.2) is 56.7 Å². The predicted octanol–water partition coefficient (Wildman–Crippen LogP) is 2.31. The lowest BCUT2D eigenvalue weighted by Crippen LogP contribution is -2.46. The van der Waals surface area contributed by atoms with E-state index in [1.54, 1.807) is 0 Å². The fourth-order valence-corrected chi connectivity index (χ4v) is 2.50. The smallest absolute Gasteiger partial charge is 0.406 e. The summed E-state index contributed by atoms with van der Waals surface area (Å²) in [5, 5.41) is 5.92. The maximum atomic E-state index is 12.3. The number of halogens is 4. The molecule has 1 aromatic rings. The predicted molar refractivity (Wildman–Crippen MR) is 103 cm³/mol. The quantitative estimate of drug-likeness (QED) is 0.390. The van der Waals surface area contributed by atoms with Crippen molar-refractivity contribution in [3.05, 3.63) is 29.8 Å². The van der Waals surface area contributed by atoms with Crippen molar-refractivity contribution in [2.75, 3.05) is 33.8 Å². The van der Waals surface area contributed by atoms with Gasteiger partial charge in [0.25, 0.3) is 0 Å². The number of nitrogens with zero attached hydrogens (tertiary/aromatic N) is 2. The van der Waals surface area contributed by atoms with Crippen molar-refractivity contribution < 1.29 is 22.7 Å². The summed E-state index contributed by atoms with van der Waals surface area (Å²) in [6, 6.07) is 7.52. The molecular formula is C16H22F3IN4O2. The Morgan fingerprint density at radius 1 is 1.38 bits per heavy atom. The molecule has 0 spiro atoms. The summed E-state index contributed by atoms with van der Waals surface area (Å²) in [7, 11) is 2.65. The van der Waals surface area contributed by atoms with E-state index in [2.05, 4.69) is 15.6 Å². The number of rotatable bonds is 4. The van der Waals surface area contributed by atoms with Crippen LogP contribution in [0.15, 0.2) is 29.3 Å². The number of alkyl halides is 3. The monoisotopic (exact) mass is 486 g/mol. The Morgan fingerprint density at radius 2 is 2.08 bits per heavy atom. The van der Waals surface area contributed by atoms with Gasteiger partial charge in [0.1, 0.15) is 12.3 Å². The molecule has 0 aliphatic carbocycles. The first-order valence-corrected chi connectivity index (χ1v) is 7.80. The number of benzene rings is 1. The lowest BCUT2D eigenvalue weighted by molar-refractivity contribution is -0.157. The Kier molecular flexibility index (Phi) is 8.44. The van der Waals surface area contributed by atoms with Crippen LogP contribution >= 0.6 is 24.0 Å². The molecule has 0 aromatic heterocycles.